The number of piperazine rings is 1. The van der Waals surface area contributed by atoms with Gasteiger partial charge < -0.3 is 19.1 Å². The molecule has 2 aliphatic heterocycles. The average Bonchev–Trinajstić information content (AvgIpc) is 3.59. The average molecular weight is 464 g/mol. The fourth-order valence-electron chi connectivity index (χ4n) is 3.97. The van der Waals surface area contributed by atoms with E-state index in [1.165, 1.54) is 32.2 Å². The molecule has 11 nitrogen and oxygen atoms in total. The second kappa shape index (κ2) is 10.2. The number of rotatable bonds is 9. The van der Waals surface area contributed by atoms with Crippen molar-refractivity contribution >= 4 is 24.0 Å². The van der Waals surface area contributed by atoms with Gasteiger partial charge in [0, 0.05) is 45.2 Å². The van der Waals surface area contributed by atoms with Crippen LogP contribution in [0.4, 0.5) is 11.8 Å². The van der Waals surface area contributed by atoms with Crippen molar-refractivity contribution in [2.45, 2.75) is 31.6 Å². The molecule has 5 rings (SSSR count). The predicted molar refractivity (Wildman–Crippen MR) is 118 cm³/mol. The maximum Gasteiger partial charge on any atom is 0.266 e. The van der Waals surface area contributed by atoms with E-state index in [2.05, 4.69) is 39.1 Å². The van der Waals surface area contributed by atoms with Crippen LogP contribution in [0.5, 0.6) is 5.88 Å². The summed E-state index contributed by atoms with van der Waals surface area (Å²) in [5.74, 6) is 3.96. The molecule has 2 saturated heterocycles. The van der Waals surface area contributed by atoms with Gasteiger partial charge in [0.2, 0.25) is 11.8 Å². The summed E-state index contributed by atoms with van der Waals surface area (Å²) in [5.41, 5.74) is 0. The van der Waals surface area contributed by atoms with E-state index < -0.39 is 0 Å². The highest BCUT2D eigenvalue weighted by atomic mass is 32.2. The zero-order valence-corrected chi connectivity index (χ0v) is 19.1. The molecule has 3 fully saturated rings. The topological polar surface area (TPSA) is 102 Å². The molecule has 1 saturated carbocycles. The zero-order chi connectivity index (χ0) is 21.8. The summed E-state index contributed by atoms with van der Waals surface area (Å²) >= 11 is 1.23. The van der Waals surface area contributed by atoms with E-state index >= 15 is 0 Å². The van der Waals surface area contributed by atoms with Crippen LogP contribution in [0.25, 0.3) is 0 Å². The van der Waals surface area contributed by atoms with Crippen molar-refractivity contribution < 1.29 is 18.5 Å². The second-order valence-electron chi connectivity index (χ2n) is 8.39. The predicted octanol–water partition coefficient (Wildman–Crippen LogP) is 2.30. The van der Waals surface area contributed by atoms with E-state index in [4.69, 9.17) is 13.6 Å². The molecular formula is C20H29N7O4S. The highest BCUT2D eigenvalue weighted by Crippen LogP contribution is 2.39. The standard InChI is InChI=1S/C20H29N7O4S/c1-28-31-32-27-10-8-25(9-11-27)17-12-22-18(13-21-17)29-14-15-4-6-26(7-5-15)20-23-19(30-24-20)16-2-3-16/h12-13,15-16H,2-11,14H2,1H3. The summed E-state index contributed by atoms with van der Waals surface area (Å²) in [6.45, 7) is 5.92. The van der Waals surface area contributed by atoms with Crippen molar-refractivity contribution in [3.05, 3.63) is 18.3 Å². The van der Waals surface area contributed by atoms with Crippen molar-refractivity contribution in [3.8, 4) is 5.88 Å². The molecule has 32 heavy (non-hydrogen) atoms. The molecule has 12 heteroatoms. The first-order valence-corrected chi connectivity index (χ1v) is 11.9. The minimum absolute atomic E-state index is 0.488. The van der Waals surface area contributed by atoms with Gasteiger partial charge in [-0.15, -0.1) is 4.33 Å². The van der Waals surface area contributed by atoms with E-state index in [0.717, 1.165) is 69.8 Å². The van der Waals surface area contributed by atoms with Gasteiger partial charge >= 0.3 is 0 Å². The molecule has 174 valence electrons. The van der Waals surface area contributed by atoms with Crippen molar-refractivity contribution in [2.75, 3.05) is 62.8 Å². The number of anilines is 2. The van der Waals surface area contributed by atoms with Crippen LogP contribution in [-0.2, 0) is 9.22 Å². The lowest BCUT2D eigenvalue weighted by atomic mass is 9.98. The third kappa shape index (κ3) is 5.42. The molecule has 2 aromatic rings. The third-order valence-electron chi connectivity index (χ3n) is 6.10. The molecule has 4 heterocycles. The van der Waals surface area contributed by atoms with Crippen molar-refractivity contribution in [2.24, 2.45) is 5.92 Å². The normalized spacial score (nSPS) is 20.7. The number of ether oxygens (including phenoxy) is 1. The smallest absolute Gasteiger partial charge is 0.266 e. The van der Waals surface area contributed by atoms with E-state index in [-0.39, 0.29) is 0 Å². The van der Waals surface area contributed by atoms with E-state index in [0.29, 0.717) is 24.3 Å². The summed E-state index contributed by atoms with van der Waals surface area (Å²) in [4.78, 5) is 22.6. The van der Waals surface area contributed by atoms with Gasteiger partial charge in [-0.2, -0.15) is 4.98 Å². The van der Waals surface area contributed by atoms with Crippen LogP contribution in [0.1, 0.15) is 37.5 Å². The van der Waals surface area contributed by atoms with Gasteiger partial charge in [0.1, 0.15) is 18.0 Å². The Morgan fingerprint density at radius 1 is 1.00 bits per heavy atom. The largest absolute Gasteiger partial charge is 0.476 e. The summed E-state index contributed by atoms with van der Waals surface area (Å²) in [6.07, 6.45) is 7.93. The molecule has 0 aromatic carbocycles. The Bertz CT molecular complexity index is 850. The molecular weight excluding hydrogens is 434 g/mol. The zero-order valence-electron chi connectivity index (χ0n) is 18.3. The molecule has 0 unspecified atom stereocenters. The van der Waals surface area contributed by atoms with Crippen LogP contribution in [0.2, 0.25) is 0 Å². The Balaban J connectivity index is 1.03. The van der Waals surface area contributed by atoms with Crippen LogP contribution < -0.4 is 14.5 Å². The SMILES string of the molecule is COOSN1CCN(c2cnc(OCC3CCN(c4noc(C5CC5)n4)CC3)cn2)CC1. The minimum atomic E-state index is 0.488. The lowest BCUT2D eigenvalue weighted by Crippen LogP contribution is -2.43. The van der Waals surface area contributed by atoms with Crippen molar-refractivity contribution in [3.63, 3.8) is 0 Å². The van der Waals surface area contributed by atoms with Crippen LogP contribution in [0, 0.1) is 5.92 Å². The molecule has 0 spiro atoms. The van der Waals surface area contributed by atoms with Gasteiger partial charge in [-0.05, 0) is 36.8 Å². The Morgan fingerprint density at radius 2 is 1.81 bits per heavy atom. The monoisotopic (exact) mass is 463 g/mol. The number of piperidine rings is 1. The van der Waals surface area contributed by atoms with Crippen LogP contribution >= 0.6 is 12.2 Å². The lowest BCUT2D eigenvalue weighted by molar-refractivity contribution is -0.163. The Labute approximate surface area is 191 Å². The van der Waals surface area contributed by atoms with E-state index in [1.54, 1.807) is 12.4 Å². The summed E-state index contributed by atoms with van der Waals surface area (Å²) in [6, 6.07) is 0. The number of aromatic nitrogens is 4. The fraction of sp³-hybridized carbons (Fsp3) is 0.700. The van der Waals surface area contributed by atoms with Gasteiger partial charge in [0.15, 0.2) is 0 Å². The molecule has 2 aromatic heterocycles. The van der Waals surface area contributed by atoms with E-state index in [1.807, 2.05) is 0 Å². The fourth-order valence-corrected chi connectivity index (χ4v) is 4.43. The highest BCUT2D eigenvalue weighted by Gasteiger charge is 2.31. The molecule has 0 N–H and O–H groups in total. The van der Waals surface area contributed by atoms with Gasteiger partial charge in [0.25, 0.3) is 5.95 Å². The maximum absolute atomic E-state index is 5.93. The number of hydrogen-bond donors (Lipinski definition) is 0. The van der Waals surface area contributed by atoms with Crippen molar-refractivity contribution in [1.29, 1.82) is 0 Å². The van der Waals surface area contributed by atoms with Gasteiger partial charge in [0.05, 0.1) is 26.1 Å². The van der Waals surface area contributed by atoms with Gasteiger partial charge in [-0.1, -0.05) is 0 Å². The van der Waals surface area contributed by atoms with Crippen LogP contribution in [0.3, 0.4) is 0 Å². The highest BCUT2D eigenvalue weighted by molar-refractivity contribution is 7.92. The second-order valence-corrected chi connectivity index (χ2v) is 9.19. The molecule has 0 bridgehead atoms. The van der Waals surface area contributed by atoms with Crippen LogP contribution in [0.15, 0.2) is 16.9 Å². The molecule has 1 aliphatic carbocycles. The third-order valence-corrected chi connectivity index (χ3v) is 6.88. The van der Waals surface area contributed by atoms with Gasteiger partial charge in [-0.3, -0.25) is 0 Å². The molecule has 0 atom stereocenters. The minimum Gasteiger partial charge on any atom is -0.476 e. The van der Waals surface area contributed by atoms with E-state index in [9.17, 15) is 0 Å². The quantitative estimate of drug-likeness (QED) is 0.236. The summed E-state index contributed by atoms with van der Waals surface area (Å²) in [5, 5.41) is 4.15. The number of nitrogens with zero attached hydrogens (tertiary/aromatic N) is 7. The molecule has 0 radical (unpaired) electrons. The Hall–Kier alpha value is -2.15. The Morgan fingerprint density at radius 3 is 2.50 bits per heavy atom. The first kappa shape index (κ1) is 21.7. The first-order chi connectivity index (χ1) is 15.8. The number of hydrogen-bond acceptors (Lipinski definition) is 12. The summed E-state index contributed by atoms with van der Waals surface area (Å²) < 4.78 is 18.3. The lowest BCUT2D eigenvalue weighted by Gasteiger charge is -2.33. The molecule has 3 aliphatic rings. The molecule has 0 amide bonds. The maximum atomic E-state index is 5.93. The summed E-state index contributed by atoms with van der Waals surface area (Å²) in [7, 11) is 1.51. The van der Waals surface area contributed by atoms with Gasteiger partial charge in [-0.25, -0.2) is 19.2 Å². The van der Waals surface area contributed by atoms with Crippen molar-refractivity contribution in [1.82, 2.24) is 24.4 Å². The van der Waals surface area contributed by atoms with Crippen LogP contribution in [-0.4, -0.2) is 77.4 Å². The Kier molecular flexibility index (Phi) is 6.91. The first-order valence-electron chi connectivity index (χ1n) is 11.2.